The zero-order valence-electron chi connectivity index (χ0n) is 29.9. The highest BCUT2D eigenvalue weighted by Crippen LogP contribution is 2.33. The second kappa shape index (κ2) is 20.1. The quantitative estimate of drug-likeness (QED) is 0.102. The van der Waals surface area contributed by atoms with Crippen LogP contribution in [0.15, 0.2) is 48.5 Å². The lowest BCUT2D eigenvalue weighted by atomic mass is 10.00. The van der Waals surface area contributed by atoms with Crippen LogP contribution >= 0.6 is 0 Å². The first-order valence-electron chi connectivity index (χ1n) is 17.7. The molecule has 4 atom stereocenters. The van der Waals surface area contributed by atoms with Crippen molar-refractivity contribution in [3.8, 4) is 11.8 Å². The maximum Gasteiger partial charge on any atom is 0.326 e. The minimum absolute atomic E-state index is 0.0436. The highest BCUT2D eigenvalue weighted by atomic mass is 19.3. The van der Waals surface area contributed by atoms with E-state index in [-0.39, 0.29) is 83.3 Å². The van der Waals surface area contributed by atoms with Crippen molar-refractivity contribution < 1.29 is 57.2 Å². The second-order valence-corrected chi connectivity index (χ2v) is 13.3. The van der Waals surface area contributed by atoms with Gasteiger partial charge in [-0.1, -0.05) is 36.4 Å². The number of halogens is 2. The number of carboxylic acids is 1. The van der Waals surface area contributed by atoms with E-state index in [0.717, 1.165) is 16.0 Å². The predicted octanol–water partition coefficient (Wildman–Crippen LogP) is 0.557. The van der Waals surface area contributed by atoms with Gasteiger partial charge >= 0.3 is 5.97 Å². The Morgan fingerprint density at radius 2 is 1.58 bits per heavy atom. The Morgan fingerprint density at radius 3 is 2.25 bits per heavy atom. The fourth-order valence-electron chi connectivity index (χ4n) is 6.05. The number of likely N-dealkylation sites (tertiary alicyclic amines) is 1. The molecule has 2 aromatic rings. The molecule has 6 N–H and O–H groups in total. The van der Waals surface area contributed by atoms with Crippen LogP contribution in [-0.4, -0.2) is 114 Å². The first kappa shape index (κ1) is 42.1. The van der Waals surface area contributed by atoms with Crippen LogP contribution in [0.4, 0.5) is 8.78 Å². The van der Waals surface area contributed by atoms with Gasteiger partial charge in [0.1, 0.15) is 23.9 Å². The highest BCUT2D eigenvalue weighted by Gasteiger charge is 2.50. The summed E-state index contributed by atoms with van der Waals surface area (Å²) in [5.74, 6) is -7.58. The fraction of sp³-hybridized carbons (Fsp3) is 0.486. The van der Waals surface area contributed by atoms with E-state index in [1.807, 2.05) is 0 Å². The van der Waals surface area contributed by atoms with Crippen molar-refractivity contribution in [1.82, 2.24) is 26.2 Å². The Balaban J connectivity index is 1.03. The number of ether oxygens (including phenoxy) is 2. The molecule has 2 aliphatic heterocycles. The van der Waals surface area contributed by atoms with E-state index in [1.54, 1.807) is 42.5 Å². The number of benzene rings is 2. The van der Waals surface area contributed by atoms with E-state index in [0.29, 0.717) is 5.56 Å². The van der Waals surface area contributed by atoms with Crippen LogP contribution in [0, 0.1) is 17.2 Å². The molecule has 0 aromatic heterocycles. The first-order chi connectivity index (χ1) is 26.2. The lowest BCUT2D eigenvalue weighted by Crippen LogP contribution is -2.46. The van der Waals surface area contributed by atoms with Gasteiger partial charge in [0.25, 0.3) is 5.92 Å². The fourth-order valence-corrected chi connectivity index (χ4v) is 6.05. The summed E-state index contributed by atoms with van der Waals surface area (Å²) in [6.45, 7) is 0.208. The molecule has 2 aromatic carbocycles. The van der Waals surface area contributed by atoms with E-state index in [1.165, 1.54) is 12.1 Å². The Bertz CT molecular complexity index is 1720. The molecule has 0 radical (unpaired) electrons. The molecule has 296 valence electrons. The van der Waals surface area contributed by atoms with Gasteiger partial charge in [-0.05, 0) is 35.2 Å². The number of hydrogen-bond acceptors (Lipinski definition) is 10. The van der Waals surface area contributed by atoms with Gasteiger partial charge in [0.05, 0.1) is 45.5 Å². The number of carboxylic acid groups (broad SMARTS) is 1. The third-order valence-electron chi connectivity index (χ3n) is 8.94. The smallest absolute Gasteiger partial charge is 0.326 e. The molecule has 0 aliphatic carbocycles. The standard InChI is InChI=1S/C37H44F2N6O10/c38-37(39)19-27(20-40)45(22-37)35(51)29-17-26(34(50)44-29)18-33(49)42-21-25-3-1-24(2-4-25)16-32(48)41-10-12-55-14-13-54-11-9-31(47)43-30(36(52)53)15-23-5-7-28(46)8-6-23/h1-8,26-27,29-30,46H,9-19,21-22H2,(H,41,48)(H,42,49)(H,43,47)(H,44,50)(H,52,53)/t26-,27-,29-,30-/m0/s1. The van der Waals surface area contributed by atoms with Crippen LogP contribution in [-0.2, 0) is 57.6 Å². The highest BCUT2D eigenvalue weighted by molar-refractivity contribution is 5.94. The van der Waals surface area contributed by atoms with Gasteiger partial charge in [-0.3, -0.25) is 24.0 Å². The van der Waals surface area contributed by atoms with Gasteiger partial charge in [0.15, 0.2) is 0 Å². The van der Waals surface area contributed by atoms with E-state index >= 15 is 0 Å². The van der Waals surface area contributed by atoms with Crippen molar-refractivity contribution in [1.29, 1.82) is 5.26 Å². The van der Waals surface area contributed by atoms with Crippen molar-refractivity contribution in [2.45, 2.75) is 69.1 Å². The predicted molar refractivity (Wildman–Crippen MR) is 188 cm³/mol. The summed E-state index contributed by atoms with van der Waals surface area (Å²) in [6, 6.07) is 11.2. The summed E-state index contributed by atoms with van der Waals surface area (Å²) in [5.41, 5.74) is 2.12. The molecule has 0 bridgehead atoms. The van der Waals surface area contributed by atoms with Gasteiger partial charge in [0.2, 0.25) is 29.5 Å². The van der Waals surface area contributed by atoms with Crippen molar-refractivity contribution >= 4 is 35.5 Å². The number of phenols is 1. The summed E-state index contributed by atoms with van der Waals surface area (Å²) >= 11 is 0. The number of aliphatic carboxylic acids is 1. The molecule has 0 unspecified atom stereocenters. The topological polar surface area (TPSA) is 236 Å². The number of amides is 5. The summed E-state index contributed by atoms with van der Waals surface area (Å²) in [5, 5.41) is 38.3. The van der Waals surface area contributed by atoms with Crippen LogP contribution in [0.2, 0.25) is 0 Å². The average Bonchev–Trinajstić information content (AvgIpc) is 3.67. The number of hydrogen-bond donors (Lipinski definition) is 6. The molecule has 0 saturated carbocycles. The minimum atomic E-state index is -3.18. The van der Waals surface area contributed by atoms with Crippen LogP contribution in [0.5, 0.6) is 5.75 Å². The van der Waals surface area contributed by atoms with Crippen LogP contribution in [0.25, 0.3) is 0 Å². The van der Waals surface area contributed by atoms with Crippen LogP contribution in [0.1, 0.15) is 42.4 Å². The maximum absolute atomic E-state index is 13.8. The molecule has 0 spiro atoms. The molecule has 16 nitrogen and oxygen atoms in total. The van der Waals surface area contributed by atoms with Gasteiger partial charge < -0.3 is 45.9 Å². The van der Waals surface area contributed by atoms with Gasteiger partial charge in [-0.15, -0.1) is 0 Å². The van der Waals surface area contributed by atoms with Crippen molar-refractivity contribution in [3.63, 3.8) is 0 Å². The number of phenolic OH excluding ortho intramolecular Hbond substituents is 1. The molecule has 2 aliphatic rings. The number of carbonyl (C=O) groups is 6. The number of aromatic hydroxyl groups is 1. The number of carbonyl (C=O) groups excluding carboxylic acids is 5. The summed E-state index contributed by atoms with van der Waals surface area (Å²) in [6.07, 6.45) is -0.887. The molecular weight excluding hydrogens is 726 g/mol. The molecule has 2 saturated heterocycles. The second-order valence-electron chi connectivity index (χ2n) is 13.3. The third kappa shape index (κ3) is 13.6. The Kier molecular flexibility index (Phi) is 15.4. The van der Waals surface area contributed by atoms with E-state index in [9.17, 15) is 47.8 Å². The molecule has 55 heavy (non-hydrogen) atoms. The number of nitrogens with one attached hydrogen (secondary N) is 4. The molecule has 5 amide bonds. The summed E-state index contributed by atoms with van der Waals surface area (Å²) < 4.78 is 38.3. The summed E-state index contributed by atoms with van der Waals surface area (Å²) in [4.78, 5) is 74.5. The Labute approximate surface area is 315 Å². The van der Waals surface area contributed by atoms with Crippen LogP contribution < -0.4 is 21.3 Å². The molecule has 4 rings (SSSR count). The minimum Gasteiger partial charge on any atom is -0.508 e. The monoisotopic (exact) mass is 770 g/mol. The number of alkyl halides is 2. The van der Waals surface area contributed by atoms with E-state index in [4.69, 9.17) is 14.7 Å². The van der Waals surface area contributed by atoms with Gasteiger partial charge in [-0.25, -0.2) is 13.6 Å². The lowest BCUT2D eigenvalue weighted by Gasteiger charge is -2.22. The summed E-state index contributed by atoms with van der Waals surface area (Å²) in [7, 11) is 0. The maximum atomic E-state index is 13.8. The Hall–Kier alpha value is -5.67. The van der Waals surface area contributed by atoms with Gasteiger partial charge in [0, 0.05) is 44.7 Å². The number of nitriles is 1. The largest absolute Gasteiger partial charge is 0.508 e. The van der Waals surface area contributed by atoms with Crippen molar-refractivity contribution in [3.05, 3.63) is 65.2 Å². The normalized spacial score (nSPS) is 19.2. The van der Waals surface area contributed by atoms with Gasteiger partial charge in [-0.2, -0.15) is 5.26 Å². The average molecular weight is 771 g/mol. The van der Waals surface area contributed by atoms with E-state index in [2.05, 4.69) is 21.3 Å². The van der Waals surface area contributed by atoms with Crippen molar-refractivity contribution in [2.75, 3.05) is 39.5 Å². The van der Waals surface area contributed by atoms with Crippen molar-refractivity contribution in [2.24, 2.45) is 5.92 Å². The zero-order chi connectivity index (χ0) is 40.0. The molecule has 2 heterocycles. The number of nitrogens with zero attached hydrogens (tertiary/aromatic N) is 2. The zero-order valence-corrected chi connectivity index (χ0v) is 29.9. The van der Waals surface area contributed by atoms with E-state index < -0.39 is 72.5 Å². The molecule has 2 fully saturated rings. The SMILES string of the molecule is N#C[C@@H]1CC(F)(F)CN1C(=O)[C@@H]1C[C@@H](CC(=O)NCc2ccc(CC(=O)NCCOCCOCCC(=O)N[C@@H](Cc3ccc(O)cc3)C(=O)O)cc2)C(=O)N1. The third-order valence-corrected chi connectivity index (χ3v) is 8.94. The molecular formula is C37H44F2N6O10. The first-order valence-corrected chi connectivity index (χ1v) is 17.7. The lowest BCUT2D eigenvalue weighted by molar-refractivity contribution is -0.142. The Morgan fingerprint density at radius 1 is 0.927 bits per heavy atom. The number of rotatable bonds is 20. The molecule has 18 heteroatoms. The van der Waals surface area contributed by atoms with Crippen LogP contribution in [0.3, 0.4) is 0 Å².